The molecule has 0 saturated carbocycles. The van der Waals surface area contributed by atoms with Gasteiger partial charge in [-0.25, -0.2) is 15.0 Å². The largest absolute Gasteiger partial charge is 0.247 e. The highest BCUT2D eigenvalue weighted by molar-refractivity contribution is 7.26. The Labute approximate surface area is 369 Å². The third-order valence-electron chi connectivity index (χ3n) is 12.1. The van der Waals surface area contributed by atoms with Crippen molar-refractivity contribution in [2.45, 2.75) is 0 Å². The molecule has 3 heterocycles. The Morgan fingerprint density at radius 3 is 1.41 bits per heavy atom. The van der Waals surface area contributed by atoms with Crippen molar-refractivity contribution in [3.05, 3.63) is 224 Å². The lowest BCUT2D eigenvalue weighted by molar-refractivity contribution is 1.18. The van der Waals surface area contributed by atoms with Gasteiger partial charge in [-0.05, 0) is 52.1 Å². The van der Waals surface area contributed by atoms with Crippen LogP contribution >= 0.6 is 11.3 Å². The maximum absolute atomic E-state index is 5.47. The van der Waals surface area contributed by atoms with E-state index < -0.39 is 0 Å². The van der Waals surface area contributed by atoms with Crippen LogP contribution in [0, 0.1) is 0 Å². The summed E-state index contributed by atoms with van der Waals surface area (Å²) in [5, 5.41) is 6.15. The zero-order chi connectivity index (χ0) is 41.7. The first-order valence-electron chi connectivity index (χ1n) is 21.3. The summed E-state index contributed by atoms with van der Waals surface area (Å²) in [7, 11) is 0. The molecule has 0 amide bonds. The molecule has 0 bridgehead atoms. The van der Waals surface area contributed by atoms with Crippen molar-refractivity contribution in [2.75, 3.05) is 0 Å². The van der Waals surface area contributed by atoms with Gasteiger partial charge < -0.3 is 0 Å². The van der Waals surface area contributed by atoms with Gasteiger partial charge in [0.25, 0.3) is 0 Å². The number of benzene rings is 9. The lowest BCUT2D eigenvalue weighted by Gasteiger charge is -2.18. The third-order valence-corrected chi connectivity index (χ3v) is 13.3. The molecule has 3 nitrogen and oxygen atoms in total. The molecule has 0 atom stereocenters. The standard InChI is InChI=1S/C59H37N3S/c1-4-16-38(17-5-1)43-22-14-24-45(36-43)56-53(57(62-59(61-56)42-20-8-3-9-21-42)46-25-15-23-44(37-46)39-18-6-2-7-19-39)40-30-32-41(33-31-40)55-50-35-34-48-47-26-11-13-29-52(47)63-58(48)54(50)49-27-10-12-28-51(49)60-55/h1-37H. The average Bonchev–Trinajstić information content (AvgIpc) is 3.76. The van der Waals surface area contributed by atoms with Crippen molar-refractivity contribution in [3.63, 3.8) is 0 Å². The molecule has 9 aromatic carbocycles. The van der Waals surface area contributed by atoms with E-state index in [2.05, 4.69) is 206 Å². The lowest BCUT2D eigenvalue weighted by atomic mass is 9.91. The topological polar surface area (TPSA) is 38.7 Å². The fourth-order valence-electron chi connectivity index (χ4n) is 9.05. The second kappa shape index (κ2) is 15.4. The molecule has 3 aromatic heterocycles. The van der Waals surface area contributed by atoms with Gasteiger partial charge in [-0.3, -0.25) is 0 Å². The third kappa shape index (κ3) is 6.56. The fraction of sp³-hybridized carbons (Fsp3) is 0. The SMILES string of the molecule is c1ccc(-c2cccc(-c3nc(-c4ccccc4)nc(-c4cccc(-c5ccccc5)c4)c3-c3ccc(-c4nc5ccccc5c5c4ccc4c6ccccc6sc45)cc3)c2)cc1. The Morgan fingerprint density at radius 2 is 0.778 bits per heavy atom. The van der Waals surface area contributed by atoms with Crippen molar-refractivity contribution in [3.8, 4) is 78.5 Å². The lowest BCUT2D eigenvalue weighted by Crippen LogP contribution is -2.01. The van der Waals surface area contributed by atoms with Gasteiger partial charge in [0.2, 0.25) is 0 Å². The number of fused-ring (bicyclic) bond motifs is 7. The van der Waals surface area contributed by atoms with E-state index in [1.54, 1.807) is 0 Å². The molecule has 4 heteroatoms. The van der Waals surface area contributed by atoms with Gasteiger partial charge in [-0.15, -0.1) is 11.3 Å². The molecule has 0 saturated heterocycles. The summed E-state index contributed by atoms with van der Waals surface area (Å²) in [6, 6.07) is 79.6. The highest BCUT2D eigenvalue weighted by atomic mass is 32.1. The van der Waals surface area contributed by atoms with E-state index in [9.17, 15) is 0 Å². The van der Waals surface area contributed by atoms with Crippen LogP contribution in [0.3, 0.4) is 0 Å². The van der Waals surface area contributed by atoms with E-state index in [-0.39, 0.29) is 0 Å². The molecule has 0 unspecified atom stereocenters. The molecule has 0 radical (unpaired) electrons. The van der Waals surface area contributed by atoms with Gasteiger partial charge in [0.1, 0.15) is 0 Å². The van der Waals surface area contributed by atoms with E-state index in [0.717, 1.165) is 83.6 Å². The molecule has 294 valence electrons. The summed E-state index contributed by atoms with van der Waals surface area (Å²) in [5.41, 5.74) is 14.3. The van der Waals surface area contributed by atoms with E-state index in [4.69, 9.17) is 15.0 Å². The number of pyridine rings is 1. The first-order valence-corrected chi connectivity index (χ1v) is 22.1. The maximum atomic E-state index is 5.47. The smallest absolute Gasteiger partial charge is 0.160 e. The van der Waals surface area contributed by atoms with Crippen LogP contribution < -0.4 is 0 Å². The Morgan fingerprint density at radius 1 is 0.286 bits per heavy atom. The highest BCUT2D eigenvalue weighted by Gasteiger charge is 2.22. The van der Waals surface area contributed by atoms with Crippen molar-refractivity contribution < 1.29 is 0 Å². The number of nitrogens with zero attached hydrogens (tertiary/aromatic N) is 3. The van der Waals surface area contributed by atoms with Crippen LogP contribution in [-0.4, -0.2) is 15.0 Å². The molecule has 0 aliphatic heterocycles. The van der Waals surface area contributed by atoms with Gasteiger partial charge in [0.05, 0.1) is 22.6 Å². The van der Waals surface area contributed by atoms with E-state index >= 15 is 0 Å². The predicted octanol–water partition coefficient (Wildman–Crippen LogP) is 16.2. The number of thiophene rings is 1. The van der Waals surface area contributed by atoms with E-state index in [1.807, 2.05) is 29.5 Å². The van der Waals surface area contributed by atoms with Gasteiger partial charge in [-0.1, -0.05) is 200 Å². The molecular weight excluding hydrogens is 783 g/mol. The second-order valence-electron chi connectivity index (χ2n) is 15.9. The monoisotopic (exact) mass is 819 g/mol. The molecule has 0 spiro atoms. The summed E-state index contributed by atoms with van der Waals surface area (Å²) >= 11 is 1.87. The average molecular weight is 820 g/mol. The van der Waals surface area contributed by atoms with Crippen LogP contribution in [0.2, 0.25) is 0 Å². The summed E-state index contributed by atoms with van der Waals surface area (Å²) < 4.78 is 2.59. The minimum atomic E-state index is 0.676. The van der Waals surface area contributed by atoms with Crippen LogP contribution in [0.25, 0.3) is 120 Å². The number of hydrogen-bond donors (Lipinski definition) is 0. The molecule has 0 aliphatic rings. The predicted molar refractivity (Wildman–Crippen MR) is 266 cm³/mol. The van der Waals surface area contributed by atoms with Crippen LogP contribution in [0.5, 0.6) is 0 Å². The quantitative estimate of drug-likeness (QED) is 0.150. The number of para-hydroxylation sites is 1. The van der Waals surface area contributed by atoms with Crippen LogP contribution in [0.4, 0.5) is 0 Å². The van der Waals surface area contributed by atoms with Crippen molar-refractivity contribution in [1.82, 2.24) is 15.0 Å². The van der Waals surface area contributed by atoms with Gasteiger partial charge in [-0.2, -0.15) is 0 Å². The first-order chi connectivity index (χ1) is 31.2. The van der Waals surface area contributed by atoms with Gasteiger partial charge >= 0.3 is 0 Å². The molecular formula is C59H37N3S. The number of aromatic nitrogens is 3. The normalized spacial score (nSPS) is 11.5. The molecule has 63 heavy (non-hydrogen) atoms. The Hall–Kier alpha value is -8.05. The first kappa shape index (κ1) is 36.8. The van der Waals surface area contributed by atoms with Crippen molar-refractivity contribution in [2.24, 2.45) is 0 Å². The summed E-state index contributed by atoms with van der Waals surface area (Å²) in [6.07, 6.45) is 0. The zero-order valence-corrected chi connectivity index (χ0v) is 34.9. The van der Waals surface area contributed by atoms with Crippen LogP contribution in [0.15, 0.2) is 224 Å². The fourth-order valence-corrected chi connectivity index (χ4v) is 10.3. The van der Waals surface area contributed by atoms with Crippen LogP contribution in [-0.2, 0) is 0 Å². The second-order valence-corrected chi connectivity index (χ2v) is 16.9. The van der Waals surface area contributed by atoms with Crippen molar-refractivity contribution >= 4 is 53.2 Å². The maximum Gasteiger partial charge on any atom is 0.160 e. The molecule has 0 fully saturated rings. The zero-order valence-electron chi connectivity index (χ0n) is 34.1. The molecule has 12 rings (SSSR count). The summed E-state index contributed by atoms with van der Waals surface area (Å²) in [5.74, 6) is 0.676. The Balaban J connectivity index is 1.09. The van der Waals surface area contributed by atoms with Gasteiger partial charge in [0, 0.05) is 64.1 Å². The molecule has 12 aromatic rings. The highest BCUT2D eigenvalue weighted by Crippen LogP contribution is 2.45. The number of hydrogen-bond acceptors (Lipinski definition) is 4. The van der Waals surface area contributed by atoms with Crippen molar-refractivity contribution in [1.29, 1.82) is 0 Å². The van der Waals surface area contributed by atoms with Crippen LogP contribution in [0.1, 0.15) is 0 Å². The van der Waals surface area contributed by atoms with Gasteiger partial charge in [0.15, 0.2) is 5.82 Å². The Bertz CT molecular complexity index is 3550. The minimum absolute atomic E-state index is 0.676. The number of rotatable bonds is 7. The summed E-state index contributed by atoms with van der Waals surface area (Å²) in [6.45, 7) is 0. The minimum Gasteiger partial charge on any atom is -0.247 e. The Kier molecular flexibility index (Phi) is 9.02. The molecule has 0 N–H and O–H groups in total. The van der Waals surface area contributed by atoms with E-state index in [0.29, 0.717) is 5.82 Å². The summed E-state index contributed by atoms with van der Waals surface area (Å²) in [4.78, 5) is 16.3. The molecule has 0 aliphatic carbocycles. The van der Waals surface area contributed by atoms with E-state index in [1.165, 1.54) is 30.9 Å².